The van der Waals surface area contributed by atoms with Gasteiger partial charge in [0.15, 0.2) is 0 Å². The number of amides is 1. The Morgan fingerprint density at radius 2 is 1.64 bits per heavy atom. The van der Waals surface area contributed by atoms with Gasteiger partial charge in [0, 0.05) is 11.3 Å². The van der Waals surface area contributed by atoms with Gasteiger partial charge >= 0.3 is 5.97 Å². The minimum atomic E-state index is -1.03. The molecule has 2 aromatic carbocycles. The minimum Gasteiger partial charge on any atom is -0.496 e. The Bertz CT molecular complexity index is 737. The van der Waals surface area contributed by atoms with Crippen molar-refractivity contribution in [2.45, 2.75) is 13.8 Å². The lowest BCUT2D eigenvalue weighted by Gasteiger charge is -2.11. The van der Waals surface area contributed by atoms with Crippen molar-refractivity contribution in [2.75, 3.05) is 12.4 Å². The van der Waals surface area contributed by atoms with E-state index in [0.717, 1.165) is 11.1 Å². The molecule has 0 heterocycles. The fourth-order valence-electron chi connectivity index (χ4n) is 2.05. The summed E-state index contributed by atoms with van der Waals surface area (Å²) in [7, 11) is 1.55. The average Bonchev–Trinajstić information content (AvgIpc) is 2.49. The zero-order valence-corrected chi connectivity index (χ0v) is 12.6. The highest BCUT2D eigenvalue weighted by molar-refractivity contribution is 6.05. The van der Waals surface area contributed by atoms with E-state index in [9.17, 15) is 9.59 Å². The first-order valence-electron chi connectivity index (χ1n) is 6.72. The average molecular weight is 299 g/mol. The van der Waals surface area contributed by atoms with E-state index in [1.807, 2.05) is 6.92 Å². The predicted octanol–water partition coefficient (Wildman–Crippen LogP) is 3.26. The molecular formula is C17H17NO4. The number of carbonyl (C=O) groups is 2. The molecule has 1 amide bonds. The molecule has 2 rings (SSSR count). The molecule has 22 heavy (non-hydrogen) atoms. The molecule has 0 aliphatic heterocycles. The Morgan fingerprint density at radius 1 is 1.00 bits per heavy atom. The van der Waals surface area contributed by atoms with Gasteiger partial charge in [-0.15, -0.1) is 0 Å². The summed E-state index contributed by atoms with van der Waals surface area (Å²) < 4.78 is 5.20. The first-order valence-corrected chi connectivity index (χ1v) is 6.72. The number of benzene rings is 2. The summed E-state index contributed by atoms with van der Waals surface area (Å²) in [4.78, 5) is 23.3. The first-order chi connectivity index (χ1) is 10.4. The number of aryl methyl sites for hydroxylation is 2. The molecule has 0 unspecified atom stereocenters. The third-order valence-electron chi connectivity index (χ3n) is 3.40. The second-order valence-corrected chi connectivity index (χ2v) is 4.97. The molecule has 0 aliphatic carbocycles. The van der Waals surface area contributed by atoms with Crippen molar-refractivity contribution in [1.82, 2.24) is 0 Å². The predicted molar refractivity (Wildman–Crippen MR) is 83.8 cm³/mol. The summed E-state index contributed by atoms with van der Waals surface area (Å²) in [6.45, 7) is 3.69. The fraction of sp³-hybridized carbons (Fsp3) is 0.176. The van der Waals surface area contributed by atoms with E-state index in [1.165, 1.54) is 12.1 Å². The highest BCUT2D eigenvalue weighted by Gasteiger charge is 2.12. The standard InChI is InChI=1S/C17H17NO4/c1-10-4-7-13(17(20)21)8-14(10)18-16(19)12-6-5-11(2)15(9-12)22-3/h4-9H,1-3H3,(H,18,19)(H,20,21). The number of carbonyl (C=O) groups excluding carboxylic acids is 1. The molecule has 2 N–H and O–H groups in total. The van der Waals surface area contributed by atoms with Crippen LogP contribution < -0.4 is 10.1 Å². The Labute approximate surface area is 128 Å². The lowest BCUT2D eigenvalue weighted by atomic mass is 10.1. The van der Waals surface area contributed by atoms with Crippen LogP contribution >= 0.6 is 0 Å². The maximum absolute atomic E-state index is 12.3. The fourth-order valence-corrected chi connectivity index (χ4v) is 2.05. The zero-order valence-electron chi connectivity index (χ0n) is 12.6. The van der Waals surface area contributed by atoms with Gasteiger partial charge in [-0.2, -0.15) is 0 Å². The van der Waals surface area contributed by atoms with E-state index in [0.29, 0.717) is 17.0 Å². The molecule has 5 nitrogen and oxygen atoms in total. The van der Waals surface area contributed by atoms with Crippen molar-refractivity contribution in [3.05, 3.63) is 58.7 Å². The molecule has 0 radical (unpaired) electrons. The SMILES string of the molecule is COc1cc(C(=O)Nc2cc(C(=O)O)ccc2C)ccc1C. The summed E-state index contributed by atoms with van der Waals surface area (Å²) >= 11 is 0. The van der Waals surface area contributed by atoms with Gasteiger partial charge in [0.2, 0.25) is 0 Å². The van der Waals surface area contributed by atoms with E-state index in [1.54, 1.807) is 38.3 Å². The molecule has 0 bridgehead atoms. The van der Waals surface area contributed by atoms with E-state index in [2.05, 4.69) is 5.32 Å². The first kappa shape index (κ1) is 15.6. The monoisotopic (exact) mass is 299 g/mol. The molecule has 0 aliphatic rings. The number of hydrogen-bond donors (Lipinski definition) is 2. The van der Waals surface area contributed by atoms with E-state index < -0.39 is 5.97 Å². The number of methoxy groups -OCH3 is 1. The van der Waals surface area contributed by atoms with Gasteiger partial charge in [-0.05, 0) is 49.2 Å². The number of carboxylic acid groups (broad SMARTS) is 1. The topological polar surface area (TPSA) is 75.6 Å². The third-order valence-corrected chi connectivity index (χ3v) is 3.40. The van der Waals surface area contributed by atoms with Crippen molar-refractivity contribution >= 4 is 17.6 Å². The lowest BCUT2D eigenvalue weighted by Crippen LogP contribution is -2.13. The summed E-state index contributed by atoms with van der Waals surface area (Å²) in [5.41, 5.74) is 2.77. The summed E-state index contributed by atoms with van der Waals surface area (Å²) in [6, 6.07) is 9.76. The quantitative estimate of drug-likeness (QED) is 0.908. The molecule has 5 heteroatoms. The molecule has 2 aromatic rings. The van der Waals surface area contributed by atoms with Crippen molar-refractivity contribution < 1.29 is 19.4 Å². The van der Waals surface area contributed by atoms with Crippen LogP contribution in [0, 0.1) is 13.8 Å². The number of hydrogen-bond acceptors (Lipinski definition) is 3. The van der Waals surface area contributed by atoms with Crippen molar-refractivity contribution in [3.8, 4) is 5.75 Å². The maximum Gasteiger partial charge on any atom is 0.335 e. The number of carboxylic acids is 1. The Hall–Kier alpha value is -2.82. The number of aromatic carboxylic acids is 1. The van der Waals surface area contributed by atoms with E-state index in [-0.39, 0.29) is 11.5 Å². The largest absolute Gasteiger partial charge is 0.496 e. The number of anilines is 1. The number of rotatable bonds is 4. The van der Waals surface area contributed by atoms with Gasteiger partial charge in [-0.3, -0.25) is 4.79 Å². The van der Waals surface area contributed by atoms with Crippen LogP contribution in [0.4, 0.5) is 5.69 Å². The molecule has 0 saturated carbocycles. The van der Waals surface area contributed by atoms with E-state index >= 15 is 0 Å². The highest BCUT2D eigenvalue weighted by Crippen LogP contribution is 2.21. The van der Waals surface area contributed by atoms with Crippen LogP contribution in [0.1, 0.15) is 31.8 Å². The maximum atomic E-state index is 12.3. The van der Waals surface area contributed by atoms with Crippen molar-refractivity contribution in [3.63, 3.8) is 0 Å². The van der Waals surface area contributed by atoms with E-state index in [4.69, 9.17) is 9.84 Å². The Balaban J connectivity index is 2.29. The van der Waals surface area contributed by atoms with Gasteiger partial charge in [-0.25, -0.2) is 4.79 Å². The van der Waals surface area contributed by atoms with Crippen LogP contribution in [0.15, 0.2) is 36.4 Å². The minimum absolute atomic E-state index is 0.127. The van der Waals surface area contributed by atoms with Crippen molar-refractivity contribution in [1.29, 1.82) is 0 Å². The van der Waals surface area contributed by atoms with Crippen LogP contribution in [0.25, 0.3) is 0 Å². The van der Waals surface area contributed by atoms with Gasteiger partial charge in [0.05, 0.1) is 12.7 Å². The third kappa shape index (κ3) is 3.25. The molecule has 0 saturated heterocycles. The highest BCUT2D eigenvalue weighted by atomic mass is 16.5. The molecule has 0 atom stereocenters. The normalized spacial score (nSPS) is 10.1. The molecule has 0 aromatic heterocycles. The second kappa shape index (κ2) is 6.30. The molecule has 0 spiro atoms. The van der Waals surface area contributed by atoms with Gasteiger partial charge in [0.1, 0.15) is 5.75 Å². The van der Waals surface area contributed by atoms with Crippen LogP contribution in [0.5, 0.6) is 5.75 Å². The molecular weight excluding hydrogens is 282 g/mol. The number of ether oxygens (including phenoxy) is 1. The van der Waals surface area contributed by atoms with Gasteiger partial charge < -0.3 is 15.2 Å². The smallest absolute Gasteiger partial charge is 0.335 e. The summed E-state index contributed by atoms with van der Waals surface area (Å²) in [5, 5.41) is 11.8. The van der Waals surface area contributed by atoms with Gasteiger partial charge in [0.25, 0.3) is 5.91 Å². The lowest BCUT2D eigenvalue weighted by molar-refractivity contribution is 0.0696. The van der Waals surface area contributed by atoms with Crippen molar-refractivity contribution in [2.24, 2.45) is 0 Å². The van der Waals surface area contributed by atoms with Gasteiger partial charge in [-0.1, -0.05) is 12.1 Å². The van der Waals surface area contributed by atoms with Crippen LogP contribution in [-0.4, -0.2) is 24.1 Å². The second-order valence-electron chi connectivity index (χ2n) is 4.97. The Kier molecular flexibility index (Phi) is 4.46. The van der Waals surface area contributed by atoms with Crippen LogP contribution in [0.3, 0.4) is 0 Å². The zero-order chi connectivity index (χ0) is 16.3. The Morgan fingerprint density at radius 3 is 2.27 bits per heavy atom. The summed E-state index contributed by atoms with van der Waals surface area (Å²) in [5.74, 6) is -0.722. The molecule has 0 fully saturated rings. The number of nitrogens with one attached hydrogen (secondary N) is 1. The molecule has 114 valence electrons. The van der Waals surface area contributed by atoms with Crippen LogP contribution in [0.2, 0.25) is 0 Å². The summed E-state index contributed by atoms with van der Waals surface area (Å²) in [6.07, 6.45) is 0. The van der Waals surface area contributed by atoms with Crippen LogP contribution in [-0.2, 0) is 0 Å².